The summed E-state index contributed by atoms with van der Waals surface area (Å²) in [5.74, 6) is 0. The smallest absolute Gasteiger partial charge is 0.0583 e. The first-order chi connectivity index (χ1) is 7.42. The van der Waals surface area contributed by atoms with E-state index < -0.39 is 38.2 Å². The monoisotopic (exact) mass is 107 g/mol. The van der Waals surface area contributed by atoms with Gasteiger partial charge in [-0.05, 0) is 0 Å². The summed E-state index contributed by atoms with van der Waals surface area (Å²) in [6.45, 7) is -7.95. The first kappa shape index (κ1) is 0.799. The molecule has 0 atom stereocenters. The predicted octanol–water partition coefficient (Wildman–Crippen LogP) is 0.948. The topological polar surface area (TPSA) is 12.0 Å². The quantitative estimate of drug-likeness (QED) is 0.527. The summed E-state index contributed by atoms with van der Waals surface area (Å²) < 4.78 is 70.2. The summed E-state index contributed by atoms with van der Waals surface area (Å²) in [4.78, 5) is 0. The molecule has 40 valence electrons. The van der Waals surface area contributed by atoms with Crippen LogP contribution in [0, 0.1) is 0 Å². The molecule has 0 spiro atoms. The number of hydrogen-bond donors (Lipinski definition) is 1. The Balaban J connectivity index is 5.22. The minimum Gasteiger partial charge on any atom is -0.310 e. The zero-order chi connectivity index (χ0) is 14.0. The second kappa shape index (κ2) is 5.44. The Morgan fingerprint density at radius 2 is 2.29 bits per heavy atom. The largest absolute Gasteiger partial charge is 0.310 e. The summed E-state index contributed by atoms with van der Waals surface area (Å²) in [5, 5.41) is 1.59. The normalized spacial score (nSPS) is 31.4. The highest BCUT2D eigenvalue weighted by atomic mass is 14.8. The predicted molar refractivity (Wildman–Crippen MR) is 33.3 cm³/mol. The Morgan fingerprint density at radius 3 is 2.71 bits per heavy atom. The third kappa shape index (κ3) is 5.44. The molecule has 0 aliphatic rings. The van der Waals surface area contributed by atoms with Crippen LogP contribution >= 0.6 is 0 Å². The van der Waals surface area contributed by atoms with Crippen molar-refractivity contribution in [1.82, 2.24) is 5.32 Å². The zero-order valence-electron chi connectivity index (χ0n) is 13.5. The van der Waals surface area contributed by atoms with E-state index in [1.165, 1.54) is 0 Å². The van der Waals surface area contributed by atoms with Crippen LogP contribution in [0.1, 0.15) is 13.7 Å². The molecule has 0 aromatic rings. The molecular weight excluding hydrogens is 86.1 g/mol. The van der Waals surface area contributed by atoms with E-state index in [1.54, 1.807) is 5.32 Å². The van der Waals surface area contributed by atoms with Crippen molar-refractivity contribution in [2.45, 2.75) is 0 Å². The van der Waals surface area contributed by atoms with E-state index in [-0.39, 0.29) is 0 Å². The van der Waals surface area contributed by atoms with E-state index in [1.807, 2.05) is 0 Å². The molecule has 0 aromatic carbocycles. The van der Waals surface area contributed by atoms with Crippen molar-refractivity contribution in [3.63, 3.8) is 0 Å². The second-order valence-electron chi connectivity index (χ2n) is 0.625. The fourth-order valence-electron chi connectivity index (χ4n) is 0.0938. The van der Waals surface area contributed by atoms with Crippen LogP contribution in [-0.2, 0) is 0 Å². The van der Waals surface area contributed by atoms with Crippen molar-refractivity contribution in [2.75, 3.05) is 13.0 Å². The van der Waals surface area contributed by atoms with Gasteiger partial charge < -0.3 is 5.32 Å². The molecule has 0 aromatic heterocycles. The summed E-state index contributed by atoms with van der Waals surface area (Å²) in [5.41, 5.74) is 0. The summed E-state index contributed by atoms with van der Waals surface area (Å²) in [6, 6.07) is -2.21. The molecule has 1 nitrogen and oxygen atoms in total. The lowest BCUT2D eigenvalue weighted by Crippen LogP contribution is -2.11. The molecular formula is C6H11N. The summed E-state index contributed by atoms with van der Waals surface area (Å²) in [6.07, 6.45) is 0. The molecule has 0 aliphatic carbocycles. The maximum absolute atomic E-state index is 7.25. The van der Waals surface area contributed by atoms with Crippen molar-refractivity contribution in [2.24, 2.45) is 0 Å². The van der Waals surface area contributed by atoms with Crippen LogP contribution in [0.4, 0.5) is 0 Å². The van der Waals surface area contributed by atoms with Gasteiger partial charge in [-0.25, -0.2) is 0 Å². The van der Waals surface area contributed by atoms with Gasteiger partial charge in [0.25, 0.3) is 0 Å². The van der Waals surface area contributed by atoms with E-state index in [0.717, 1.165) is 0 Å². The average Bonchev–Trinajstić information content (AvgIpc) is 2.13. The second-order valence-corrected chi connectivity index (χ2v) is 0.625. The minimum absolute atomic E-state index is 1.11. The first-order valence-electron chi connectivity index (χ1n) is 6.50. The van der Waals surface area contributed by atoms with Crippen molar-refractivity contribution in [3.8, 4) is 0 Å². The molecule has 0 fully saturated rings. The number of rotatable bonds is 4. The van der Waals surface area contributed by atoms with E-state index in [9.17, 15) is 0 Å². The van der Waals surface area contributed by atoms with Crippen LogP contribution in [0.5, 0.6) is 0 Å². The van der Waals surface area contributed by atoms with Gasteiger partial charge in [-0.1, -0.05) is 12.1 Å². The fraction of sp³-hybridized carbons (Fsp3) is 0.333. The molecule has 0 amide bonds. The molecule has 0 saturated carbocycles. The van der Waals surface area contributed by atoms with Crippen molar-refractivity contribution < 1.29 is 13.7 Å². The molecule has 1 heteroatoms. The lowest BCUT2D eigenvalue weighted by molar-refractivity contribution is 0.845. The highest BCUT2D eigenvalue weighted by molar-refractivity contribution is 4.75. The Hall–Kier alpha value is -0.560. The van der Waals surface area contributed by atoms with E-state index in [4.69, 9.17) is 13.7 Å². The number of nitrogens with one attached hydrogen (secondary N) is 1. The van der Waals surface area contributed by atoms with Crippen LogP contribution in [0.15, 0.2) is 25.2 Å². The summed E-state index contributed by atoms with van der Waals surface area (Å²) >= 11 is 0. The van der Waals surface area contributed by atoms with Gasteiger partial charge in [0.05, 0.1) is 8.22 Å². The van der Waals surface area contributed by atoms with Crippen LogP contribution in [0.3, 0.4) is 0 Å². The molecule has 1 N–H and O–H groups in total. The van der Waals surface area contributed by atoms with Gasteiger partial charge in [0.1, 0.15) is 0 Å². The van der Waals surface area contributed by atoms with E-state index >= 15 is 0 Å². The fourth-order valence-corrected chi connectivity index (χ4v) is 0.0938. The van der Waals surface area contributed by atoms with E-state index in [2.05, 4.69) is 0 Å². The maximum Gasteiger partial charge on any atom is 0.0583 e. The van der Waals surface area contributed by atoms with Gasteiger partial charge in [0.15, 0.2) is 0 Å². The third-order valence-corrected chi connectivity index (χ3v) is 0.250. The van der Waals surface area contributed by atoms with Gasteiger partial charge in [-0.2, -0.15) is 0 Å². The van der Waals surface area contributed by atoms with Crippen molar-refractivity contribution in [3.05, 3.63) is 25.2 Å². The number of hydrogen-bond acceptors (Lipinski definition) is 1. The van der Waals surface area contributed by atoms with Crippen LogP contribution in [0.25, 0.3) is 0 Å². The first-order valence-corrected chi connectivity index (χ1v) is 1.50. The van der Waals surface area contributed by atoms with Gasteiger partial charge in [0.2, 0.25) is 0 Å². The molecule has 0 unspecified atom stereocenters. The Morgan fingerprint density at radius 1 is 1.71 bits per heavy atom. The van der Waals surface area contributed by atoms with Gasteiger partial charge in [-0.15, -0.1) is 13.1 Å². The highest BCUT2D eigenvalue weighted by Crippen LogP contribution is 1.59. The zero-order valence-corrected chi connectivity index (χ0v) is 3.50. The molecule has 0 saturated heterocycles. The third-order valence-electron chi connectivity index (χ3n) is 0.250. The van der Waals surface area contributed by atoms with E-state index in [0.29, 0.717) is 0 Å². The molecule has 0 rings (SSSR count). The molecule has 0 bridgehead atoms. The Labute approximate surface area is 58.8 Å². The molecule has 0 aliphatic heterocycles. The Bertz CT molecular complexity index is 314. The lowest BCUT2D eigenvalue weighted by Gasteiger charge is -1.90. The van der Waals surface area contributed by atoms with Gasteiger partial charge in [0, 0.05) is 18.5 Å². The minimum atomic E-state index is -2.84. The average molecular weight is 107 g/mol. The summed E-state index contributed by atoms with van der Waals surface area (Å²) in [7, 11) is 0. The molecule has 7 heavy (non-hydrogen) atoms. The standard InChI is InChI=1S/C6H11N/c1-3-5-7-6-4-2/h3-4,7H,1-2,5-6H2/i1D2,2D2,3D,4D,5D2,6D2. The van der Waals surface area contributed by atoms with Crippen LogP contribution in [0.2, 0.25) is 0 Å². The van der Waals surface area contributed by atoms with Gasteiger partial charge in [-0.3, -0.25) is 0 Å². The SMILES string of the molecule is [2H]C([2H])=C([2H])C([2H])([2H])NC([2H])([2H])C([2H])=C([2H])[2H]. The van der Waals surface area contributed by atoms with Crippen molar-refractivity contribution in [1.29, 1.82) is 0 Å². The van der Waals surface area contributed by atoms with Crippen LogP contribution in [-0.4, -0.2) is 13.0 Å². The Kier molecular flexibility index (Phi) is 0.621. The lowest BCUT2D eigenvalue weighted by atomic mass is 10.5. The molecule has 0 heterocycles. The van der Waals surface area contributed by atoms with Crippen molar-refractivity contribution >= 4 is 0 Å². The maximum atomic E-state index is 7.25. The molecule has 0 radical (unpaired) electrons. The van der Waals surface area contributed by atoms with Crippen LogP contribution < -0.4 is 5.32 Å². The highest BCUT2D eigenvalue weighted by Gasteiger charge is 1.69. The van der Waals surface area contributed by atoms with Gasteiger partial charge >= 0.3 is 0 Å².